The van der Waals surface area contributed by atoms with Crippen LogP contribution in [0.5, 0.6) is 0 Å². The first kappa shape index (κ1) is 14.0. The lowest BCUT2D eigenvalue weighted by molar-refractivity contribution is 0.350. The van der Waals surface area contributed by atoms with E-state index >= 15 is 0 Å². The van der Waals surface area contributed by atoms with E-state index in [9.17, 15) is 0 Å². The number of nitrogen functional groups attached to an aromatic ring is 2. The van der Waals surface area contributed by atoms with Crippen LogP contribution in [0.2, 0.25) is 0 Å². The van der Waals surface area contributed by atoms with E-state index in [2.05, 4.69) is 45.0 Å². The molecule has 21 heavy (non-hydrogen) atoms. The molecule has 2 unspecified atom stereocenters. The van der Waals surface area contributed by atoms with E-state index in [4.69, 9.17) is 17.2 Å². The lowest BCUT2D eigenvalue weighted by atomic mass is 9.71. The fraction of sp³-hybridized carbons (Fsp3) is 0.333. The molecule has 0 heterocycles. The van der Waals surface area contributed by atoms with Crippen molar-refractivity contribution in [1.82, 2.24) is 0 Å². The zero-order valence-electron chi connectivity index (χ0n) is 12.9. The smallest absolute Gasteiger partial charge is 0.0337 e. The zero-order valence-corrected chi connectivity index (χ0v) is 12.9. The Balaban J connectivity index is 2.28. The van der Waals surface area contributed by atoms with Gasteiger partial charge in [-0.1, -0.05) is 32.0 Å². The Labute approximate surface area is 126 Å². The van der Waals surface area contributed by atoms with E-state index < -0.39 is 0 Å². The molecule has 110 valence electrons. The van der Waals surface area contributed by atoms with Crippen LogP contribution in [0, 0.1) is 0 Å². The first-order valence-corrected chi connectivity index (χ1v) is 7.30. The van der Waals surface area contributed by atoms with Crippen molar-refractivity contribution in [3.05, 3.63) is 59.2 Å². The summed E-state index contributed by atoms with van der Waals surface area (Å²) in [6.07, 6.45) is 0. The molecule has 1 aliphatic carbocycles. The average molecular weight is 281 g/mol. The van der Waals surface area contributed by atoms with Gasteiger partial charge in [0.2, 0.25) is 0 Å². The van der Waals surface area contributed by atoms with Crippen LogP contribution in [0.1, 0.15) is 37.5 Å². The summed E-state index contributed by atoms with van der Waals surface area (Å²) < 4.78 is 0. The third kappa shape index (κ3) is 1.77. The van der Waals surface area contributed by atoms with Gasteiger partial charge >= 0.3 is 0 Å². The van der Waals surface area contributed by atoms with Crippen molar-refractivity contribution < 1.29 is 0 Å². The SMILES string of the molecule is CC1(C)c2ccc(N)cc2C(C)(c2ccc(N)cc2)C1N. The highest BCUT2D eigenvalue weighted by Crippen LogP contribution is 2.52. The van der Waals surface area contributed by atoms with Gasteiger partial charge in [-0.2, -0.15) is 0 Å². The van der Waals surface area contributed by atoms with Gasteiger partial charge in [-0.15, -0.1) is 0 Å². The fourth-order valence-electron chi connectivity index (χ4n) is 3.77. The monoisotopic (exact) mass is 281 g/mol. The second kappa shape index (κ2) is 4.25. The van der Waals surface area contributed by atoms with Gasteiger partial charge in [0.05, 0.1) is 0 Å². The zero-order chi connectivity index (χ0) is 15.4. The topological polar surface area (TPSA) is 78.1 Å². The molecule has 0 saturated carbocycles. The summed E-state index contributed by atoms with van der Waals surface area (Å²) in [6.45, 7) is 6.61. The van der Waals surface area contributed by atoms with Crippen LogP contribution in [0.25, 0.3) is 0 Å². The number of benzene rings is 2. The molecule has 0 saturated heterocycles. The number of hydrogen-bond donors (Lipinski definition) is 3. The quantitative estimate of drug-likeness (QED) is 0.703. The summed E-state index contributed by atoms with van der Waals surface area (Å²) in [7, 11) is 0. The summed E-state index contributed by atoms with van der Waals surface area (Å²) in [5.41, 5.74) is 23.4. The molecule has 3 heteroatoms. The molecule has 2 atom stereocenters. The van der Waals surface area contributed by atoms with Gasteiger partial charge in [-0.3, -0.25) is 0 Å². The predicted octanol–water partition coefficient (Wildman–Crippen LogP) is 2.78. The second-order valence-corrected chi connectivity index (χ2v) is 6.83. The first-order chi connectivity index (χ1) is 9.77. The van der Waals surface area contributed by atoms with Gasteiger partial charge < -0.3 is 17.2 Å². The summed E-state index contributed by atoms with van der Waals surface area (Å²) in [4.78, 5) is 0. The van der Waals surface area contributed by atoms with Crippen molar-refractivity contribution in [2.75, 3.05) is 11.5 Å². The van der Waals surface area contributed by atoms with Crippen molar-refractivity contribution in [2.24, 2.45) is 5.73 Å². The molecule has 1 aliphatic rings. The van der Waals surface area contributed by atoms with Crippen LogP contribution in [0.4, 0.5) is 11.4 Å². The van der Waals surface area contributed by atoms with Crippen molar-refractivity contribution in [2.45, 2.75) is 37.6 Å². The molecule has 0 aromatic heterocycles. The predicted molar refractivity (Wildman–Crippen MR) is 89.2 cm³/mol. The Bertz CT molecular complexity index is 688. The summed E-state index contributed by atoms with van der Waals surface area (Å²) in [6, 6.07) is 14.1. The Morgan fingerprint density at radius 2 is 1.38 bits per heavy atom. The van der Waals surface area contributed by atoms with E-state index in [-0.39, 0.29) is 16.9 Å². The van der Waals surface area contributed by atoms with Crippen LogP contribution in [-0.4, -0.2) is 6.04 Å². The normalized spacial score (nSPS) is 26.6. The molecule has 0 aliphatic heterocycles. The molecule has 2 aromatic carbocycles. The maximum absolute atomic E-state index is 6.69. The number of rotatable bonds is 1. The molecular weight excluding hydrogens is 258 g/mol. The highest BCUT2D eigenvalue weighted by molar-refractivity contribution is 5.60. The minimum absolute atomic E-state index is 0.0228. The molecule has 2 aromatic rings. The highest BCUT2D eigenvalue weighted by atomic mass is 14.8. The molecule has 6 N–H and O–H groups in total. The van der Waals surface area contributed by atoms with E-state index in [0.717, 1.165) is 11.4 Å². The largest absolute Gasteiger partial charge is 0.399 e. The summed E-state index contributed by atoms with van der Waals surface area (Å²) in [5.74, 6) is 0. The number of nitrogens with two attached hydrogens (primary N) is 3. The van der Waals surface area contributed by atoms with Crippen molar-refractivity contribution in [1.29, 1.82) is 0 Å². The van der Waals surface area contributed by atoms with Gasteiger partial charge in [0.25, 0.3) is 0 Å². The van der Waals surface area contributed by atoms with Crippen LogP contribution in [0.15, 0.2) is 42.5 Å². The molecule has 0 amide bonds. The lowest BCUT2D eigenvalue weighted by Gasteiger charge is -2.36. The van der Waals surface area contributed by atoms with Gasteiger partial charge in [-0.05, 0) is 47.9 Å². The van der Waals surface area contributed by atoms with E-state index in [0.29, 0.717) is 0 Å². The van der Waals surface area contributed by atoms with Gasteiger partial charge in [0, 0.05) is 28.2 Å². The minimum atomic E-state index is -0.262. The third-order valence-electron chi connectivity index (χ3n) is 5.21. The number of anilines is 2. The second-order valence-electron chi connectivity index (χ2n) is 6.83. The van der Waals surface area contributed by atoms with Crippen LogP contribution < -0.4 is 17.2 Å². The molecule has 3 nitrogen and oxygen atoms in total. The Morgan fingerprint density at radius 1 is 0.810 bits per heavy atom. The lowest BCUT2D eigenvalue weighted by Crippen LogP contribution is -2.48. The van der Waals surface area contributed by atoms with Crippen molar-refractivity contribution in [3.63, 3.8) is 0 Å². The van der Waals surface area contributed by atoms with Crippen molar-refractivity contribution >= 4 is 11.4 Å². The summed E-state index contributed by atoms with van der Waals surface area (Å²) >= 11 is 0. The van der Waals surface area contributed by atoms with Crippen LogP contribution in [0.3, 0.4) is 0 Å². The molecule has 3 rings (SSSR count). The van der Waals surface area contributed by atoms with E-state index in [1.807, 2.05) is 18.2 Å². The maximum atomic E-state index is 6.69. The van der Waals surface area contributed by atoms with Crippen molar-refractivity contribution in [3.8, 4) is 0 Å². The van der Waals surface area contributed by atoms with Gasteiger partial charge in [-0.25, -0.2) is 0 Å². The summed E-state index contributed by atoms with van der Waals surface area (Å²) in [5, 5.41) is 0. The molecule has 0 fully saturated rings. The van der Waals surface area contributed by atoms with Gasteiger partial charge in [0.1, 0.15) is 0 Å². The maximum Gasteiger partial charge on any atom is 0.0337 e. The van der Waals surface area contributed by atoms with Gasteiger partial charge in [0.15, 0.2) is 0 Å². The number of hydrogen-bond acceptors (Lipinski definition) is 3. The fourth-order valence-corrected chi connectivity index (χ4v) is 3.77. The van der Waals surface area contributed by atoms with E-state index in [1.165, 1.54) is 16.7 Å². The molecule has 0 radical (unpaired) electrons. The van der Waals surface area contributed by atoms with E-state index in [1.54, 1.807) is 0 Å². The number of fused-ring (bicyclic) bond motifs is 1. The Morgan fingerprint density at radius 3 is 2.00 bits per heavy atom. The highest BCUT2D eigenvalue weighted by Gasteiger charge is 2.52. The molecule has 0 bridgehead atoms. The third-order valence-corrected chi connectivity index (χ3v) is 5.21. The average Bonchev–Trinajstić information content (AvgIpc) is 2.59. The Hall–Kier alpha value is -2.00. The molecular formula is C18H23N3. The standard InChI is InChI=1S/C18H23N3/c1-17(2)14-9-8-13(20)10-15(14)18(3,16(17)21)11-4-6-12(19)7-5-11/h4-10,16H,19-21H2,1-3H3. The van der Waals surface area contributed by atoms with Crippen LogP contribution in [-0.2, 0) is 10.8 Å². The Kier molecular flexibility index (Phi) is 2.82. The van der Waals surface area contributed by atoms with Crippen LogP contribution >= 0.6 is 0 Å². The first-order valence-electron chi connectivity index (χ1n) is 7.30. The molecule has 0 spiro atoms. The minimum Gasteiger partial charge on any atom is -0.399 e.